The van der Waals surface area contributed by atoms with Crippen LogP contribution in [-0.2, 0) is 18.2 Å². The maximum Gasteiger partial charge on any atom is 0.0844 e. The van der Waals surface area contributed by atoms with E-state index in [-0.39, 0.29) is 12.1 Å². The van der Waals surface area contributed by atoms with Crippen LogP contribution in [0.25, 0.3) is 0 Å². The van der Waals surface area contributed by atoms with Crippen molar-refractivity contribution in [2.45, 2.75) is 31.4 Å². The van der Waals surface area contributed by atoms with Crippen LogP contribution in [0.2, 0.25) is 0 Å². The fraction of sp³-hybridized carbons (Fsp3) is 0.800. The summed E-state index contributed by atoms with van der Waals surface area (Å²) in [6, 6.07) is 0.106. The molecule has 0 aliphatic heterocycles. The van der Waals surface area contributed by atoms with Crippen LogP contribution in [0.3, 0.4) is 0 Å². The van der Waals surface area contributed by atoms with Crippen LogP contribution in [-0.4, -0.2) is 34.2 Å². The van der Waals surface area contributed by atoms with Crippen molar-refractivity contribution in [1.82, 2.24) is 20.4 Å². The van der Waals surface area contributed by atoms with Gasteiger partial charge in [-0.2, -0.15) is 0 Å². The molecule has 6 nitrogen and oxygen atoms in total. The maximum atomic E-state index is 5.58. The van der Waals surface area contributed by atoms with Gasteiger partial charge in [-0.25, -0.2) is 0 Å². The number of nitrogens with one attached hydrogen (secondary N) is 1. The highest BCUT2D eigenvalue weighted by Gasteiger charge is 2.36. The smallest absolute Gasteiger partial charge is 0.0844 e. The largest absolute Gasteiger partial charge is 0.379 e. The molecule has 1 saturated carbocycles. The zero-order valence-corrected chi connectivity index (χ0v) is 9.76. The van der Waals surface area contributed by atoms with Gasteiger partial charge in [0.2, 0.25) is 0 Å². The van der Waals surface area contributed by atoms with Gasteiger partial charge in [-0.1, -0.05) is 5.21 Å². The molecule has 1 aliphatic rings. The highest BCUT2D eigenvalue weighted by Crippen LogP contribution is 2.35. The number of hydrogen-bond acceptors (Lipinski definition) is 5. The molecular formula is C10H19N5O. The second-order valence-electron chi connectivity index (χ2n) is 4.40. The van der Waals surface area contributed by atoms with E-state index in [1.165, 1.54) is 12.8 Å². The summed E-state index contributed by atoms with van der Waals surface area (Å²) in [6.07, 6.45) is 5.30. The number of rotatable bonds is 6. The number of nitrogens with zero attached hydrogens (tertiary/aromatic N) is 3. The minimum Gasteiger partial charge on any atom is -0.379 e. The fourth-order valence-corrected chi connectivity index (χ4v) is 2.09. The number of aromatic nitrogens is 3. The van der Waals surface area contributed by atoms with E-state index < -0.39 is 0 Å². The number of nitrogens with two attached hydrogens (primary N) is 1. The first-order valence-corrected chi connectivity index (χ1v) is 5.58. The molecule has 2 atom stereocenters. The summed E-state index contributed by atoms with van der Waals surface area (Å²) in [5, 5.41) is 7.97. The Kier molecular flexibility index (Phi) is 3.52. The molecule has 1 heterocycles. The third-order valence-corrected chi connectivity index (χ3v) is 3.05. The first-order chi connectivity index (χ1) is 7.74. The molecule has 3 N–H and O–H groups in total. The van der Waals surface area contributed by atoms with Gasteiger partial charge < -0.3 is 4.74 Å². The Hall–Kier alpha value is -0.980. The molecule has 1 aliphatic carbocycles. The molecule has 0 amide bonds. The lowest BCUT2D eigenvalue weighted by Crippen LogP contribution is -2.47. The maximum absolute atomic E-state index is 5.58. The fourth-order valence-electron chi connectivity index (χ4n) is 2.09. The van der Waals surface area contributed by atoms with Crippen molar-refractivity contribution in [3.05, 3.63) is 11.9 Å². The second-order valence-corrected chi connectivity index (χ2v) is 4.40. The monoisotopic (exact) mass is 225 g/mol. The Morgan fingerprint density at radius 2 is 2.44 bits per heavy atom. The highest BCUT2D eigenvalue weighted by atomic mass is 16.5. The Labute approximate surface area is 95.1 Å². The predicted molar refractivity (Wildman–Crippen MR) is 59.3 cm³/mol. The molecular weight excluding hydrogens is 206 g/mol. The summed E-state index contributed by atoms with van der Waals surface area (Å²) in [6.45, 7) is 0. The van der Waals surface area contributed by atoms with Gasteiger partial charge in [0.15, 0.2) is 0 Å². The van der Waals surface area contributed by atoms with Crippen molar-refractivity contribution in [1.29, 1.82) is 0 Å². The number of hydrazine groups is 1. The van der Waals surface area contributed by atoms with Crippen molar-refractivity contribution in [3.63, 3.8) is 0 Å². The van der Waals surface area contributed by atoms with Gasteiger partial charge >= 0.3 is 0 Å². The first kappa shape index (κ1) is 11.5. The van der Waals surface area contributed by atoms with E-state index in [0.717, 1.165) is 12.1 Å². The van der Waals surface area contributed by atoms with E-state index in [1.54, 1.807) is 11.8 Å². The minimum atomic E-state index is 0.106. The molecule has 0 aromatic carbocycles. The number of methoxy groups -OCH3 is 1. The molecule has 90 valence electrons. The Morgan fingerprint density at radius 1 is 1.69 bits per heavy atom. The van der Waals surface area contributed by atoms with Crippen LogP contribution >= 0.6 is 0 Å². The number of aryl methyl sites for hydroxylation is 1. The summed E-state index contributed by atoms with van der Waals surface area (Å²) in [5.41, 5.74) is 3.77. The lowest BCUT2D eigenvalue weighted by molar-refractivity contribution is 0.0508. The molecule has 1 aromatic heterocycles. The SMILES string of the molecule is COC(C1CC1)C(Cc1cn(C)nn1)NN. The summed E-state index contributed by atoms with van der Waals surface area (Å²) in [4.78, 5) is 0. The third kappa shape index (κ3) is 2.58. The van der Waals surface area contributed by atoms with Crippen LogP contribution in [0.5, 0.6) is 0 Å². The zero-order valence-electron chi connectivity index (χ0n) is 9.76. The van der Waals surface area contributed by atoms with E-state index in [0.29, 0.717) is 5.92 Å². The van der Waals surface area contributed by atoms with Gasteiger partial charge in [0.1, 0.15) is 0 Å². The van der Waals surface area contributed by atoms with Crippen molar-refractivity contribution in [2.75, 3.05) is 7.11 Å². The van der Waals surface area contributed by atoms with Gasteiger partial charge in [-0.15, -0.1) is 5.10 Å². The van der Waals surface area contributed by atoms with E-state index in [2.05, 4.69) is 15.7 Å². The first-order valence-electron chi connectivity index (χ1n) is 5.58. The summed E-state index contributed by atoms with van der Waals surface area (Å²) >= 11 is 0. The Balaban J connectivity index is 1.98. The lowest BCUT2D eigenvalue weighted by atomic mass is 10.0. The Morgan fingerprint density at radius 3 is 2.88 bits per heavy atom. The molecule has 0 spiro atoms. The van der Waals surface area contributed by atoms with E-state index in [9.17, 15) is 0 Å². The average Bonchev–Trinajstić information content (AvgIpc) is 3.02. The Bertz CT molecular complexity index is 336. The van der Waals surface area contributed by atoms with Gasteiger partial charge in [0.25, 0.3) is 0 Å². The molecule has 6 heteroatoms. The van der Waals surface area contributed by atoms with E-state index in [4.69, 9.17) is 10.6 Å². The van der Waals surface area contributed by atoms with Crippen molar-refractivity contribution in [3.8, 4) is 0 Å². The standard InChI is InChI=1S/C10H19N5O/c1-15-6-8(13-14-15)5-9(12-11)10(16-2)7-3-4-7/h6-7,9-10,12H,3-5,11H2,1-2H3. The number of ether oxygens (including phenoxy) is 1. The quantitative estimate of drug-likeness (QED) is 0.509. The summed E-state index contributed by atoms with van der Waals surface area (Å²) in [5.74, 6) is 6.23. The van der Waals surface area contributed by atoms with Crippen LogP contribution in [0, 0.1) is 5.92 Å². The molecule has 0 saturated heterocycles. The van der Waals surface area contributed by atoms with Crippen molar-refractivity contribution in [2.24, 2.45) is 18.8 Å². The zero-order chi connectivity index (χ0) is 11.5. The van der Waals surface area contributed by atoms with Crippen LogP contribution in [0.4, 0.5) is 0 Å². The second kappa shape index (κ2) is 4.90. The van der Waals surface area contributed by atoms with Crippen molar-refractivity contribution < 1.29 is 4.74 Å². The molecule has 1 fully saturated rings. The lowest BCUT2D eigenvalue weighted by Gasteiger charge is -2.24. The molecule has 16 heavy (non-hydrogen) atoms. The van der Waals surface area contributed by atoms with Crippen LogP contribution in [0.1, 0.15) is 18.5 Å². The summed E-state index contributed by atoms with van der Waals surface area (Å²) < 4.78 is 7.21. The predicted octanol–water partition coefficient (Wildman–Crippen LogP) is -0.385. The third-order valence-electron chi connectivity index (χ3n) is 3.05. The molecule has 1 aromatic rings. The van der Waals surface area contributed by atoms with Gasteiger partial charge in [-0.05, 0) is 18.8 Å². The minimum absolute atomic E-state index is 0.106. The van der Waals surface area contributed by atoms with Gasteiger partial charge in [0, 0.05) is 26.8 Å². The molecule has 2 rings (SSSR count). The average molecular weight is 225 g/mol. The topological polar surface area (TPSA) is 78.0 Å². The van der Waals surface area contributed by atoms with Gasteiger partial charge in [0.05, 0.1) is 17.8 Å². The highest BCUT2D eigenvalue weighted by molar-refractivity contribution is 5.00. The normalized spacial score (nSPS) is 19.7. The van der Waals surface area contributed by atoms with Crippen LogP contribution < -0.4 is 11.3 Å². The number of hydrogen-bond donors (Lipinski definition) is 2. The van der Waals surface area contributed by atoms with E-state index in [1.807, 2.05) is 13.2 Å². The van der Waals surface area contributed by atoms with Gasteiger partial charge in [-0.3, -0.25) is 16.0 Å². The molecule has 0 radical (unpaired) electrons. The summed E-state index contributed by atoms with van der Waals surface area (Å²) in [7, 11) is 3.60. The van der Waals surface area contributed by atoms with Crippen LogP contribution in [0.15, 0.2) is 6.20 Å². The van der Waals surface area contributed by atoms with E-state index >= 15 is 0 Å². The molecule has 0 bridgehead atoms. The molecule has 2 unspecified atom stereocenters. The van der Waals surface area contributed by atoms with Crippen molar-refractivity contribution >= 4 is 0 Å².